The normalized spacial score (nSPS) is 13.7. The molecule has 0 radical (unpaired) electrons. The van der Waals surface area contributed by atoms with Gasteiger partial charge in [-0.1, -0.05) is 71.0 Å². The summed E-state index contributed by atoms with van der Waals surface area (Å²) in [6, 6.07) is 15.1. The van der Waals surface area contributed by atoms with Crippen molar-refractivity contribution in [1.82, 2.24) is 0 Å². The van der Waals surface area contributed by atoms with Gasteiger partial charge in [0.15, 0.2) is 0 Å². The summed E-state index contributed by atoms with van der Waals surface area (Å²) >= 11 is 0. The van der Waals surface area contributed by atoms with E-state index in [9.17, 15) is 13.2 Å². The Kier molecular flexibility index (Phi) is 6.61. The van der Waals surface area contributed by atoms with Crippen molar-refractivity contribution >= 4 is 0 Å². The second-order valence-electron chi connectivity index (χ2n) is 8.22. The van der Waals surface area contributed by atoms with Crippen LogP contribution in [0.5, 0.6) is 5.75 Å². The zero-order chi connectivity index (χ0) is 20.2. The highest BCUT2D eigenvalue weighted by Gasteiger charge is 2.31. The molecule has 1 nitrogen and oxygen atoms in total. The Morgan fingerprint density at radius 2 is 1.52 bits per heavy atom. The lowest BCUT2D eigenvalue weighted by molar-refractivity contribution is -0.274. The molecule has 0 aromatic heterocycles. The summed E-state index contributed by atoms with van der Waals surface area (Å²) in [5.74, 6) is 0.500. The molecule has 0 aliphatic rings. The van der Waals surface area contributed by atoms with E-state index in [0.717, 1.165) is 18.4 Å². The summed E-state index contributed by atoms with van der Waals surface area (Å²) in [6.45, 7) is 10.8. The molecule has 148 valence electrons. The van der Waals surface area contributed by atoms with Crippen molar-refractivity contribution in [3.05, 3.63) is 65.2 Å². The third-order valence-electron chi connectivity index (χ3n) is 5.22. The van der Waals surface area contributed by atoms with Crippen molar-refractivity contribution in [1.29, 1.82) is 0 Å². The predicted molar refractivity (Wildman–Crippen MR) is 104 cm³/mol. The molecule has 0 spiro atoms. The first kappa shape index (κ1) is 21.3. The highest BCUT2D eigenvalue weighted by molar-refractivity contribution is 5.32. The van der Waals surface area contributed by atoms with Crippen LogP contribution in [0.2, 0.25) is 0 Å². The van der Waals surface area contributed by atoms with E-state index >= 15 is 0 Å². The number of ether oxygens (including phenoxy) is 1. The van der Waals surface area contributed by atoms with Crippen molar-refractivity contribution in [3.8, 4) is 5.75 Å². The second-order valence-corrected chi connectivity index (χ2v) is 8.22. The van der Waals surface area contributed by atoms with Crippen molar-refractivity contribution in [2.45, 2.75) is 71.1 Å². The first-order valence-corrected chi connectivity index (χ1v) is 9.44. The standard InChI is InChI=1S/C23H29F3O/c1-16(2)18-9-11-20(12-10-18)22(4,5)14-13-17(3)19-7-6-8-21(15-19)27-23(24,25)26/h6-12,15-17H,13-14H2,1-5H3. The number of hydrogen-bond acceptors (Lipinski definition) is 1. The molecule has 4 heteroatoms. The number of halogens is 3. The molecular formula is C23H29F3O. The zero-order valence-corrected chi connectivity index (χ0v) is 16.7. The topological polar surface area (TPSA) is 9.23 Å². The van der Waals surface area contributed by atoms with E-state index in [1.165, 1.54) is 23.3 Å². The van der Waals surface area contributed by atoms with Crippen LogP contribution < -0.4 is 4.74 Å². The van der Waals surface area contributed by atoms with Gasteiger partial charge < -0.3 is 4.74 Å². The lowest BCUT2D eigenvalue weighted by atomic mass is 9.77. The molecule has 27 heavy (non-hydrogen) atoms. The first-order valence-electron chi connectivity index (χ1n) is 9.44. The average molecular weight is 378 g/mol. The number of rotatable bonds is 7. The largest absolute Gasteiger partial charge is 0.573 e. The molecule has 0 heterocycles. The Morgan fingerprint density at radius 3 is 2.07 bits per heavy atom. The van der Waals surface area contributed by atoms with Crippen LogP contribution in [0.25, 0.3) is 0 Å². The van der Waals surface area contributed by atoms with Gasteiger partial charge in [0.2, 0.25) is 0 Å². The Balaban J connectivity index is 2.03. The van der Waals surface area contributed by atoms with Crippen LogP contribution >= 0.6 is 0 Å². The van der Waals surface area contributed by atoms with Gasteiger partial charge in [-0.2, -0.15) is 0 Å². The van der Waals surface area contributed by atoms with Gasteiger partial charge in [-0.15, -0.1) is 13.2 Å². The van der Waals surface area contributed by atoms with Gasteiger partial charge in [0.05, 0.1) is 0 Å². The molecule has 0 amide bonds. The molecule has 0 aliphatic heterocycles. The van der Waals surface area contributed by atoms with Crippen LogP contribution in [-0.2, 0) is 5.41 Å². The van der Waals surface area contributed by atoms with Crippen LogP contribution in [0.3, 0.4) is 0 Å². The molecule has 0 bridgehead atoms. The van der Waals surface area contributed by atoms with Crippen LogP contribution in [0.4, 0.5) is 13.2 Å². The van der Waals surface area contributed by atoms with Gasteiger partial charge in [0.1, 0.15) is 5.75 Å². The summed E-state index contributed by atoms with van der Waals surface area (Å²) in [4.78, 5) is 0. The highest BCUT2D eigenvalue weighted by Crippen LogP contribution is 2.34. The smallest absolute Gasteiger partial charge is 0.406 e. The Hall–Kier alpha value is -1.97. The van der Waals surface area contributed by atoms with E-state index in [4.69, 9.17) is 0 Å². The van der Waals surface area contributed by atoms with E-state index in [0.29, 0.717) is 5.92 Å². The van der Waals surface area contributed by atoms with Gasteiger partial charge in [0, 0.05) is 0 Å². The van der Waals surface area contributed by atoms with Crippen LogP contribution in [-0.4, -0.2) is 6.36 Å². The molecule has 0 saturated heterocycles. The van der Waals surface area contributed by atoms with Gasteiger partial charge in [-0.25, -0.2) is 0 Å². The Bertz CT molecular complexity index is 730. The van der Waals surface area contributed by atoms with Crippen molar-refractivity contribution in [3.63, 3.8) is 0 Å². The fourth-order valence-electron chi connectivity index (χ4n) is 3.23. The Morgan fingerprint density at radius 1 is 0.889 bits per heavy atom. The van der Waals surface area contributed by atoms with E-state index < -0.39 is 6.36 Å². The molecule has 2 aromatic carbocycles. The first-order chi connectivity index (χ1) is 12.5. The molecule has 1 unspecified atom stereocenters. The Labute approximate surface area is 160 Å². The van der Waals surface area contributed by atoms with E-state index in [1.54, 1.807) is 6.07 Å². The lowest BCUT2D eigenvalue weighted by Crippen LogP contribution is -2.18. The van der Waals surface area contributed by atoms with Crippen LogP contribution in [0.15, 0.2) is 48.5 Å². The summed E-state index contributed by atoms with van der Waals surface area (Å²) in [5.41, 5.74) is 3.48. The molecule has 1 atom stereocenters. The predicted octanol–water partition coefficient (Wildman–Crippen LogP) is 7.57. The maximum atomic E-state index is 12.4. The maximum absolute atomic E-state index is 12.4. The van der Waals surface area contributed by atoms with Crippen LogP contribution in [0.1, 0.15) is 76.0 Å². The number of alkyl halides is 3. The quantitative estimate of drug-likeness (QED) is 0.483. The van der Waals surface area contributed by atoms with Gasteiger partial charge in [0.25, 0.3) is 0 Å². The molecule has 2 rings (SSSR count). The van der Waals surface area contributed by atoms with Gasteiger partial charge in [-0.3, -0.25) is 0 Å². The summed E-state index contributed by atoms with van der Waals surface area (Å²) in [6.07, 6.45) is -2.83. The van der Waals surface area contributed by atoms with E-state index in [2.05, 4.69) is 56.7 Å². The molecule has 2 aromatic rings. The lowest BCUT2D eigenvalue weighted by Gasteiger charge is -2.27. The van der Waals surface area contributed by atoms with Crippen LogP contribution in [0, 0.1) is 0 Å². The summed E-state index contributed by atoms with van der Waals surface area (Å²) < 4.78 is 41.3. The third-order valence-corrected chi connectivity index (χ3v) is 5.22. The third kappa shape index (κ3) is 6.30. The zero-order valence-electron chi connectivity index (χ0n) is 16.7. The van der Waals surface area contributed by atoms with E-state index in [-0.39, 0.29) is 17.1 Å². The highest BCUT2D eigenvalue weighted by atomic mass is 19.4. The minimum atomic E-state index is -4.66. The molecule has 0 saturated carbocycles. The molecule has 0 N–H and O–H groups in total. The fraction of sp³-hybridized carbons (Fsp3) is 0.478. The van der Waals surface area contributed by atoms with E-state index in [1.807, 2.05) is 13.0 Å². The minimum absolute atomic E-state index is 0.00382. The van der Waals surface area contributed by atoms with Gasteiger partial charge >= 0.3 is 6.36 Å². The summed E-state index contributed by atoms with van der Waals surface area (Å²) in [5, 5.41) is 0. The average Bonchev–Trinajstić information content (AvgIpc) is 2.58. The van der Waals surface area contributed by atoms with Gasteiger partial charge in [-0.05, 0) is 58.9 Å². The summed E-state index contributed by atoms with van der Waals surface area (Å²) in [7, 11) is 0. The van der Waals surface area contributed by atoms with Crippen molar-refractivity contribution < 1.29 is 17.9 Å². The maximum Gasteiger partial charge on any atom is 0.573 e. The minimum Gasteiger partial charge on any atom is -0.406 e. The second kappa shape index (κ2) is 8.37. The number of benzene rings is 2. The molecular weight excluding hydrogens is 349 g/mol. The molecule has 0 fully saturated rings. The van der Waals surface area contributed by atoms with Crippen molar-refractivity contribution in [2.75, 3.05) is 0 Å². The monoisotopic (exact) mass is 378 g/mol. The number of hydrogen-bond donors (Lipinski definition) is 0. The fourth-order valence-corrected chi connectivity index (χ4v) is 3.23. The SMILES string of the molecule is CC(C)c1ccc(C(C)(C)CCC(C)c2cccc(OC(F)(F)F)c2)cc1. The van der Waals surface area contributed by atoms with Crippen molar-refractivity contribution in [2.24, 2.45) is 0 Å². The molecule has 0 aliphatic carbocycles.